The molecule has 114 valence electrons. The number of nitrogens with zero attached hydrogens (tertiary/aromatic N) is 2. The molecule has 19 heavy (non-hydrogen) atoms. The molecule has 0 aromatic heterocycles. The lowest BCUT2D eigenvalue weighted by atomic mass is 10.2. The zero-order valence-corrected chi connectivity index (χ0v) is 13.3. The van der Waals surface area contributed by atoms with Crippen LogP contribution < -0.4 is 5.32 Å². The van der Waals surface area contributed by atoms with E-state index in [1.165, 1.54) is 32.2 Å². The van der Waals surface area contributed by atoms with Gasteiger partial charge in [0.2, 0.25) is 0 Å². The first-order valence-corrected chi connectivity index (χ1v) is 7.81. The van der Waals surface area contributed by atoms with Crippen LogP contribution in [0.5, 0.6) is 0 Å². The van der Waals surface area contributed by atoms with E-state index in [9.17, 15) is 0 Å². The van der Waals surface area contributed by atoms with Crippen LogP contribution in [-0.2, 0) is 4.74 Å². The van der Waals surface area contributed by atoms with Gasteiger partial charge in [-0.05, 0) is 66.5 Å². The Labute approximate surface area is 119 Å². The molecule has 0 saturated carbocycles. The fraction of sp³-hybridized carbons (Fsp3) is 1.00. The van der Waals surface area contributed by atoms with Crippen LogP contribution in [-0.4, -0.2) is 75.9 Å². The third-order valence-corrected chi connectivity index (χ3v) is 3.65. The highest BCUT2D eigenvalue weighted by Gasteiger charge is 2.25. The summed E-state index contributed by atoms with van der Waals surface area (Å²) >= 11 is 0. The highest BCUT2D eigenvalue weighted by Crippen LogP contribution is 2.19. The molecule has 4 nitrogen and oxygen atoms in total. The smallest absolute Gasteiger partial charge is 0.0707 e. The lowest BCUT2D eigenvalue weighted by molar-refractivity contribution is 0.0276. The molecule has 1 heterocycles. The van der Waals surface area contributed by atoms with Gasteiger partial charge in [0.25, 0.3) is 0 Å². The van der Waals surface area contributed by atoms with E-state index >= 15 is 0 Å². The molecule has 0 aromatic carbocycles. The fourth-order valence-corrected chi connectivity index (χ4v) is 2.60. The van der Waals surface area contributed by atoms with Crippen molar-refractivity contribution in [1.82, 2.24) is 15.1 Å². The Morgan fingerprint density at radius 2 is 1.84 bits per heavy atom. The van der Waals surface area contributed by atoms with Crippen LogP contribution in [0.4, 0.5) is 0 Å². The van der Waals surface area contributed by atoms with E-state index in [1.54, 1.807) is 0 Å². The lowest BCUT2D eigenvalue weighted by Crippen LogP contribution is -2.33. The van der Waals surface area contributed by atoms with Crippen molar-refractivity contribution in [2.24, 2.45) is 0 Å². The van der Waals surface area contributed by atoms with Crippen molar-refractivity contribution in [1.29, 1.82) is 0 Å². The highest BCUT2D eigenvalue weighted by atomic mass is 16.5. The summed E-state index contributed by atoms with van der Waals surface area (Å²) in [6, 6.07) is 0. The number of nitrogens with one attached hydrogen (secondary N) is 1. The SMILES string of the molecule is CCCNCC1CCC(CN(C)CCCN(C)C)O1. The summed E-state index contributed by atoms with van der Waals surface area (Å²) in [5.74, 6) is 0. The normalized spacial score (nSPS) is 23.7. The van der Waals surface area contributed by atoms with Crippen molar-refractivity contribution in [2.45, 2.75) is 44.8 Å². The van der Waals surface area contributed by atoms with Crippen LogP contribution in [0.3, 0.4) is 0 Å². The van der Waals surface area contributed by atoms with E-state index in [0.29, 0.717) is 12.2 Å². The van der Waals surface area contributed by atoms with E-state index in [2.05, 4.69) is 43.2 Å². The van der Waals surface area contributed by atoms with Gasteiger partial charge in [-0.15, -0.1) is 0 Å². The summed E-state index contributed by atoms with van der Waals surface area (Å²) in [5.41, 5.74) is 0. The third kappa shape index (κ3) is 7.88. The molecule has 1 rings (SSSR count). The molecular weight excluding hydrogens is 238 g/mol. The molecule has 0 spiro atoms. The van der Waals surface area contributed by atoms with Crippen molar-refractivity contribution < 1.29 is 4.74 Å². The molecule has 1 N–H and O–H groups in total. The van der Waals surface area contributed by atoms with Gasteiger partial charge >= 0.3 is 0 Å². The van der Waals surface area contributed by atoms with Crippen LogP contribution in [0.15, 0.2) is 0 Å². The van der Waals surface area contributed by atoms with Crippen molar-refractivity contribution in [3.63, 3.8) is 0 Å². The molecule has 0 aliphatic carbocycles. The van der Waals surface area contributed by atoms with Gasteiger partial charge in [-0.1, -0.05) is 6.92 Å². The minimum atomic E-state index is 0.437. The first kappa shape index (κ1) is 16.9. The average Bonchev–Trinajstić information content (AvgIpc) is 2.76. The van der Waals surface area contributed by atoms with Crippen molar-refractivity contribution in [3.8, 4) is 0 Å². The summed E-state index contributed by atoms with van der Waals surface area (Å²) in [5, 5.41) is 3.45. The van der Waals surface area contributed by atoms with E-state index in [0.717, 1.165) is 26.2 Å². The van der Waals surface area contributed by atoms with Gasteiger partial charge in [0.15, 0.2) is 0 Å². The van der Waals surface area contributed by atoms with Crippen LogP contribution >= 0.6 is 0 Å². The number of likely N-dealkylation sites (N-methyl/N-ethyl adjacent to an activating group) is 1. The monoisotopic (exact) mass is 271 g/mol. The Balaban J connectivity index is 2.06. The van der Waals surface area contributed by atoms with Crippen LogP contribution in [0.25, 0.3) is 0 Å². The zero-order valence-electron chi connectivity index (χ0n) is 13.3. The molecule has 1 aliphatic heterocycles. The largest absolute Gasteiger partial charge is 0.372 e. The van der Waals surface area contributed by atoms with Crippen molar-refractivity contribution >= 4 is 0 Å². The van der Waals surface area contributed by atoms with Gasteiger partial charge in [-0.25, -0.2) is 0 Å². The minimum Gasteiger partial charge on any atom is -0.372 e. The Kier molecular flexibility index (Phi) is 8.62. The highest BCUT2D eigenvalue weighted by molar-refractivity contribution is 4.77. The van der Waals surface area contributed by atoms with E-state index in [4.69, 9.17) is 4.74 Å². The molecule has 4 heteroatoms. The lowest BCUT2D eigenvalue weighted by Gasteiger charge is -2.22. The molecule has 1 saturated heterocycles. The predicted octanol–water partition coefficient (Wildman–Crippen LogP) is 1.42. The first-order valence-electron chi connectivity index (χ1n) is 7.81. The summed E-state index contributed by atoms with van der Waals surface area (Å²) in [6.45, 7) is 7.74. The molecule has 0 amide bonds. The second-order valence-electron chi connectivity index (χ2n) is 6.08. The first-order chi connectivity index (χ1) is 9.11. The van der Waals surface area contributed by atoms with Crippen LogP contribution in [0.2, 0.25) is 0 Å². The molecule has 2 atom stereocenters. The summed E-state index contributed by atoms with van der Waals surface area (Å²) in [4.78, 5) is 4.66. The van der Waals surface area contributed by atoms with Crippen LogP contribution in [0, 0.1) is 0 Å². The number of rotatable bonds is 10. The zero-order chi connectivity index (χ0) is 14.1. The molecule has 0 aromatic rings. The number of hydrogen-bond acceptors (Lipinski definition) is 4. The molecule has 0 bridgehead atoms. The van der Waals surface area contributed by atoms with Gasteiger partial charge in [0.1, 0.15) is 0 Å². The standard InChI is InChI=1S/C15H33N3O/c1-5-9-16-12-14-7-8-15(19-14)13-18(4)11-6-10-17(2)3/h14-16H,5-13H2,1-4H3. The molecule has 1 fully saturated rings. The maximum absolute atomic E-state index is 6.09. The maximum atomic E-state index is 6.09. The number of ether oxygens (including phenoxy) is 1. The van der Waals surface area contributed by atoms with Gasteiger partial charge in [0.05, 0.1) is 12.2 Å². The van der Waals surface area contributed by atoms with E-state index < -0.39 is 0 Å². The summed E-state index contributed by atoms with van der Waals surface area (Å²) < 4.78 is 6.09. The second-order valence-corrected chi connectivity index (χ2v) is 6.08. The molecule has 1 aliphatic rings. The Morgan fingerprint density at radius 1 is 1.11 bits per heavy atom. The fourth-order valence-electron chi connectivity index (χ4n) is 2.60. The van der Waals surface area contributed by atoms with Crippen molar-refractivity contribution in [2.75, 3.05) is 53.9 Å². The minimum absolute atomic E-state index is 0.437. The molecular formula is C15H33N3O. The topological polar surface area (TPSA) is 27.7 Å². The Bertz CT molecular complexity index is 223. The van der Waals surface area contributed by atoms with E-state index in [1.807, 2.05) is 0 Å². The maximum Gasteiger partial charge on any atom is 0.0707 e. The van der Waals surface area contributed by atoms with Gasteiger partial charge in [-0.2, -0.15) is 0 Å². The predicted molar refractivity (Wildman–Crippen MR) is 81.7 cm³/mol. The Hall–Kier alpha value is -0.160. The van der Waals surface area contributed by atoms with Gasteiger partial charge in [-0.3, -0.25) is 0 Å². The molecule has 0 radical (unpaired) electrons. The molecule has 2 unspecified atom stereocenters. The van der Waals surface area contributed by atoms with Crippen molar-refractivity contribution in [3.05, 3.63) is 0 Å². The quantitative estimate of drug-likeness (QED) is 0.608. The summed E-state index contributed by atoms with van der Waals surface area (Å²) in [7, 11) is 6.48. The van der Waals surface area contributed by atoms with Crippen LogP contribution in [0.1, 0.15) is 32.6 Å². The van der Waals surface area contributed by atoms with Gasteiger partial charge in [0, 0.05) is 13.1 Å². The third-order valence-electron chi connectivity index (χ3n) is 3.65. The van der Waals surface area contributed by atoms with Gasteiger partial charge < -0.3 is 19.9 Å². The van der Waals surface area contributed by atoms with E-state index in [-0.39, 0.29) is 0 Å². The summed E-state index contributed by atoms with van der Waals surface area (Å²) in [6.07, 6.45) is 5.75. The Morgan fingerprint density at radius 3 is 2.53 bits per heavy atom. The average molecular weight is 271 g/mol. The second kappa shape index (κ2) is 9.70. The number of hydrogen-bond donors (Lipinski definition) is 1.